The van der Waals surface area contributed by atoms with E-state index >= 15 is 0 Å². The molecule has 1 aliphatic rings. The highest BCUT2D eigenvalue weighted by Gasteiger charge is 2.32. The van der Waals surface area contributed by atoms with E-state index in [-0.39, 0.29) is 0 Å². The molecule has 0 aromatic rings. The van der Waals surface area contributed by atoms with Gasteiger partial charge in [-0.25, -0.2) is 0 Å². The lowest BCUT2D eigenvalue weighted by Gasteiger charge is -2.08. The van der Waals surface area contributed by atoms with E-state index in [1.807, 2.05) is 0 Å². The van der Waals surface area contributed by atoms with Gasteiger partial charge in [0.25, 0.3) is 0 Å². The van der Waals surface area contributed by atoms with Gasteiger partial charge >= 0.3 is 0 Å². The first kappa shape index (κ1) is 6.17. The van der Waals surface area contributed by atoms with Crippen molar-refractivity contribution in [3.8, 4) is 0 Å². The molecule has 1 aliphatic heterocycles. The molecule has 45 valence electrons. The third kappa shape index (κ3) is 0.906. The smallest absolute Gasteiger partial charge is 0.151 e. The summed E-state index contributed by atoms with van der Waals surface area (Å²) in [5, 5.41) is 3.95. The van der Waals surface area contributed by atoms with Crippen molar-refractivity contribution in [1.82, 2.24) is 5.43 Å². The number of hydrogen-bond acceptors (Lipinski definition) is 1. The Morgan fingerprint density at radius 3 is 2.50 bits per heavy atom. The number of alkyl halides is 1. The van der Waals surface area contributed by atoms with Gasteiger partial charge in [-0.15, -0.1) is 16.7 Å². The molecule has 1 unspecified atom stereocenters. The summed E-state index contributed by atoms with van der Waals surface area (Å²) in [6.45, 7) is 2.28. The van der Waals surface area contributed by atoms with Crippen LogP contribution in [0.4, 0.5) is 0 Å². The maximum absolute atomic E-state index is 5.76. The minimum absolute atomic E-state index is 0.388. The van der Waals surface area contributed by atoms with E-state index < -0.39 is 4.87 Å². The van der Waals surface area contributed by atoms with Crippen molar-refractivity contribution in [2.24, 2.45) is 5.10 Å². The summed E-state index contributed by atoms with van der Waals surface area (Å²) < 4.78 is 0. The van der Waals surface area contributed by atoms with Crippen LogP contribution in [-0.2, 0) is 0 Å². The van der Waals surface area contributed by atoms with Gasteiger partial charge in [0.15, 0.2) is 5.17 Å². The molecule has 1 radical (unpaired) electrons. The Hall–Kier alpha value is 0.0500. The Bertz CT molecular complexity index is 130. The fourth-order valence-corrected chi connectivity index (χ4v) is 0.604. The third-order valence-electron chi connectivity index (χ3n) is 0.956. The number of halogens is 2. The highest BCUT2D eigenvalue weighted by atomic mass is 35.5. The molecule has 1 atom stereocenters. The zero-order valence-electron chi connectivity index (χ0n) is 4.36. The summed E-state index contributed by atoms with van der Waals surface area (Å²) in [6, 6.07) is 0. The minimum Gasteiger partial charge on any atom is -0.186 e. The predicted molar refractivity (Wildman–Crippen MR) is 34.5 cm³/mol. The van der Waals surface area contributed by atoms with Crippen molar-refractivity contribution in [3.05, 3.63) is 0 Å². The second-order valence-electron chi connectivity index (χ2n) is 1.89. The minimum atomic E-state index is -0.526. The summed E-state index contributed by atoms with van der Waals surface area (Å²) in [7, 11) is 0. The van der Waals surface area contributed by atoms with Gasteiger partial charge < -0.3 is 0 Å². The first-order valence-electron chi connectivity index (χ1n) is 2.22. The molecular formula is C4H5Cl2N2. The Kier molecular flexibility index (Phi) is 1.37. The molecule has 1 heterocycles. The predicted octanol–water partition coefficient (Wildman–Crippen LogP) is 1.15. The molecule has 0 aromatic heterocycles. The fourth-order valence-electron chi connectivity index (χ4n) is 0.400. The van der Waals surface area contributed by atoms with Gasteiger partial charge in [-0.05, 0) is 6.92 Å². The third-order valence-corrected chi connectivity index (χ3v) is 1.84. The molecule has 0 aromatic carbocycles. The zero-order chi connectivity index (χ0) is 6.20. The Morgan fingerprint density at radius 1 is 1.75 bits per heavy atom. The molecule has 0 fully saturated rings. The van der Waals surface area contributed by atoms with Crippen LogP contribution >= 0.6 is 23.2 Å². The van der Waals surface area contributed by atoms with E-state index in [0.29, 0.717) is 11.7 Å². The van der Waals surface area contributed by atoms with E-state index in [4.69, 9.17) is 23.2 Å². The van der Waals surface area contributed by atoms with Crippen LogP contribution in [0.1, 0.15) is 6.92 Å². The average Bonchev–Trinajstić information content (AvgIpc) is 1.86. The van der Waals surface area contributed by atoms with Crippen LogP contribution in [0.15, 0.2) is 5.10 Å². The standard InChI is InChI=1S/C4H5Cl2N2/c1-4(6)2-7-8-3(4)5/h2H2,1H3. The SMILES string of the molecule is CC1(Cl)C[N]N=C1Cl. The van der Waals surface area contributed by atoms with Crippen molar-refractivity contribution in [1.29, 1.82) is 0 Å². The molecular weight excluding hydrogens is 147 g/mol. The average molecular weight is 152 g/mol. The van der Waals surface area contributed by atoms with Gasteiger partial charge in [-0.1, -0.05) is 11.6 Å². The molecule has 0 aliphatic carbocycles. The van der Waals surface area contributed by atoms with Crippen LogP contribution in [0.25, 0.3) is 0 Å². The van der Waals surface area contributed by atoms with E-state index in [9.17, 15) is 0 Å². The summed E-state index contributed by atoms with van der Waals surface area (Å²) in [5.74, 6) is 0. The lowest BCUT2D eigenvalue weighted by Crippen LogP contribution is -2.25. The summed E-state index contributed by atoms with van der Waals surface area (Å²) >= 11 is 11.3. The Balaban J connectivity index is 2.73. The summed E-state index contributed by atoms with van der Waals surface area (Å²) in [6.07, 6.45) is 0. The Morgan fingerprint density at radius 2 is 2.38 bits per heavy atom. The molecule has 2 nitrogen and oxygen atoms in total. The number of rotatable bonds is 0. The molecule has 0 amide bonds. The van der Waals surface area contributed by atoms with Crippen LogP contribution in [0, 0.1) is 0 Å². The summed E-state index contributed by atoms with van der Waals surface area (Å²) in [4.78, 5) is -0.526. The van der Waals surface area contributed by atoms with E-state index in [1.165, 1.54) is 0 Å². The van der Waals surface area contributed by atoms with E-state index in [0.717, 1.165) is 0 Å². The molecule has 0 bridgehead atoms. The van der Waals surface area contributed by atoms with Gasteiger partial charge in [0.1, 0.15) is 4.87 Å². The van der Waals surface area contributed by atoms with Gasteiger partial charge in [0.05, 0.1) is 6.54 Å². The molecule has 0 N–H and O–H groups in total. The normalized spacial score (nSPS) is 36.6. The largest absolute Gasteiger partial charge is 0.186 e. The number of hydrogen-bond donors (Lipinski definition) is 0. The lowest BCUT2D eigenvalue weighted by atomic mass is 10.2. The van der Waals surface area contributed by atoms with Crippen LogP contribution in [0.3, 0.4) is 0 Å². The summed E-state index contributed by atoms with van der Waals surface area (Å²) in [5.41, 5.74) is 3.64. The van der Waals surface area contributed by atoms with Crippen LogP contribution in [0.5, 0.6) is 0 Å². The molecule has 0 saturated carbocycles. The van der Waals surface area contributed by atoms with Crippen LogP contribution < -0.4 is 5.43 Å². The maximum Gasteiger partial charge on any atom is 0.151 e. The van der Waals surface area contributed by atoms with Crippen molar-refractivity contribution >= 4 is 28.4 Å². The van der Waals surface area contributed by atoms with Gasteiger partial charge in [-0.3, -0.25) is 0 Å². The second kappa shape index (κ2) is 1.78. The zero-order valence-corrected chi connectivity index (χ0v) is 5.87. The lowest BCUT2D eigenvalue weighted by molar-refractivity contribution is 0.720. The number of nitrogens with zero attached hydrogens (tertiary/aromatic N) is 2. The molecule has 0 spiro atoms. The first-order valence-corrected chi connectivity index (χ1v) is 2.98. The fraction of sp³-hybridized carbons (Fsp3) is 0.750. The molecule has 1 rings (SSSR count). The van der Waals surface area contributed by atoms with Crippen molar-refractivity contribution in [2.45, 2.75) is 11.8 Å². The van der Waals surface area contributed by atoms with Crippen molar-refractivity contribution in [3.63, 3.8) is 0 Å². The van der Waals surface area contributed by atoms with Crippen molar-refractivity contribution in [2.75, 3.05) is 6.54 Å². The topological polar surface area (TPSA) is 26.5 Å². The van der Waals surface area contributed by atoms with Gasteiger partial charge in [-0.2, -0.15) is 5.43 Å². The van der Waals surface area contributed by atoms with E-state index in [2.05, 4.69) is 10.5 Å². The van der Waals surface area contributed by atoms with Crippen molar-refractivity contribution < 1.29 is 0 Å². The quantitative estimate of drug-likeness (QED) is 0.465. The van der Waals surface area contributed by atoms with E-state index in [1.54, 1.807) is 6.92 Å². The molecule has 8 heavy (non-hydrogen) atoms. The highest BCUT2D eigenvalue weighted by molar-refractivity contribution is 6.72. The highest BCUT2D eigenvalue weighted by Crippen LogP contribution is 2.22. The van der Waals surface area contributed by atoms with Gasteiger partial charge in [0.2, 0.25) is 0 Å². The molecule has 0 saturated heterocycles. The monoisotopic (exact) mass is 151 g/mol. The maximum atomic E-state index is 5.76. The second-order valence-corrected chi connectivity index (χ2v) is 3.08. The van der Waals surface area contributed by atoms with Crippen LogP contribution in [-0.4, -0.2) is 16.6 Å². The molecule has 4 heteroatoms. The Labute approximate surface area is 57.9 Å². The first-order chi connectivity index (χ1) is 3.63. The van der Waals surface area contributed by atoms with Gasteiger partial charge in [0, 0.05) is 0 Å². The van der Waals surface area contributed by atoms with Crippen LogP contribution in [0.2, 0.25) is 0 Å².